The highest BCUT2D eigenvalue weighted by Crippen LogP contribution is 2.28. The fraction of sp³-hybridized carbons (Fsp3) is 0.211. The molecule has 0 aliphatic rings. The van der Waals surface area contributed by atoms with Crippen molar-refractivity contribution in [3.05, 3.63) is 66.2 Å². The highest BCUT2D eigenvalue weighted by molar-refractivity contribution is 5.83. The van der Waals surface area contributed by atoms with Crippen LogP contribution >= 0.6 is 0 Å². The molecule has 0 spiro atoms. The predicted octanol–water partition coefficient (Wildman–Crippen LogP) is 4.71. The second-order valence-electron chi connectivity index (χ2n) is 4.83. The van der Waals surface area contributed by atoms with Crippen LogP contribution in [0.5, 0.6) is 11.5 Å². The summed E-state index contributed by atoms with van der Waals surface area (Å²) in [5.41, 5.74) is 3.12. The highest BCUT2D eigenvalue weighted by Gasteiger charge is 2.05. The molecule has 2 rings (SSSR count). The molecule has 0 saturated heterocycles. The zero-order chi connectivity index (χ0) is 15.8. The molecule has 2 aromatic rings. The molecule has 0 aromatic heterocycles. The van der Waals surface area contributed by atoms with Crippen molar-refractivity contribution in [2.45, 2.75) is 13.8 Å². The van der Waals surface area contributed by atoms with Crippen LogP contribution in [-0.2, 0) is 0 Å². The number of benzene rings is 2. The van der Waals surface area contributed by atoms with Crippen LogP contribution in [0.2, 0.25) is 0 Å². The molecule has 0 N–H and O–H groups in total. The van der Waals surface area contributed by atoms with Crippen molar-refractivity contribution in [1.82, 2.24) is 0 Å². The maximum Gasteiger partial charge on any atom is 0.161 e. The zero-order valence-electron chi connectivity index (χ0n) is 13.1. The van der Waals surface area contributed by atoms with Crippen molar-refractivity contribution in [2.24, 2.45) is 4.99 Å². The second-order valence-corrected chi connectivity index (χ2v) is 4.83. The molecular formula is C19H21NO2. The Bertz CT molecular complexity index is 645. The van der Waals surface area contributed by atoms with Crippen LogP contribution in [0.1, 0.15) is 18.1 Å². The Morgan fingerprint density at radius 1 is 1.05 bits per heavy atom. The van der Waals surface area contributed by atoms with Gasteiger partial charge in [-0.05, 0) is 49.7 Å². The molecule has 0 saturated carbocycles. The largest absolute Gasteiger partial charge is 0.490 e. The van der Waals surface area contributed by atoms with Crippen LogP contribution in [0, 0.1) is 6.92 Å². The van der Waals surface area contributed by atoms with E-state index in [0.29, 0.717) is 19.0 Å². The van der Waals surface area contributed by atoms with Gasteiger partial charge in [0.2, 0.25) is 0 Å². The maximum absolute atomic E-state index is 5.62. The van der Waals surface area contributed by atoms with Crippen LogP contribution in [0.25, 0.3) is 0 Å². The molecule has 2 aromatic carbocycles. The van der Waals surface area contributed by atoms with E-state index in [1.54, 1.807) is 6.08 Å². The fourth-order valence-electron chi connectivity index (χ4n) is 1.92. The summed E-state index contributed by atoms with van der Waals surface area (Å²) >= 11 is 0. The minimum absolute atomic E-state index is 0.455. The number of rotatable bonds is 7. The summed E-state index contributed by atoms with van der Waals surface area (Å²) in [5.74, 6) is 1.44. The quantitative estimate of drug-likeness (QED) is 0.547. The van der Waals surface area contributed by atoms with Gasteiger partial charge in [0.15, 0.2) is 11.5 Å². The van der Waals surface area contributed by atoms with Crippen molar-refractivity contribution in [2.75, 3.05) is 13.2 Å². The van der Waals surface area contributed by atoms with E-state index >= 15 is 0 Å². The number of aryl methyl sites for hydroxylation is 1. The lowest BCUT2D eigenvalue weighted by Gasteiger charge is -2.11. The van der Waals surface area contributed by atoms with Gasteiger partial charge in [0.25, 0.3) is 0 Å². The molecule has 0 unspecified atom stereocenters. The van der Waals surface area contributed by atoms with E-state index in [1.165, 1.54) is 5.56 Å². The Hall–Kier alpha value is -2.55. The Balaban J connectivity index is 2.18. The summed E-state index contributed by atoms with van der Waals surface area (Å²) in [6, 6.07) is 13.9. The lowest BCUT2D eigenvalue weighted by Crippen LogP contribution is -1.99. The van der Waals surface area contributed by atoms with E-state index < -0.39 is 0 Å². The minimum atomic E-state index is 0.455. The topological polar surface area (TPSA) is 30.8 Å². The van der Waals surface area contributed by atoms with Gasteiger partial charge in [-0.25, -0.2) is 0 Å². The van der Waals surface area contributed by atoms with E-state index in [-0.39, 0.29) is 0 Å². The maximum atomic E-state index is 5.62. The first-order chi connectivity index (χ1) is 10.7. The monoisotopic (exact) mass is 295 g/mol. The lowest BCUT2D eigenvalue weighted by molar-refractivity contribution is 0.297. The third-order valence-corrected chi connectivity index (χ3v) is 3.02. The fourth-order valence-corrected chi connectivity index (χ4v) is 1.92. The van der Waals surface area contributed by atoms with Crippen LogP contribution in [-0.4, -0.2) is 19.4 Å². The van der Waals surface area contributed by atoms with Gasteiger partial charge >= 0.3 is 0 Å². The molecule has 0 aliphatic heterocycles. The molecule has 0 aliphatic carbocycles. The summed E-state index contributed by atoms with van der Waals surface area (Å²) < 4.78 is 11.2. The predicted molar refractivity (Wildman–Crippen MR) is 91.7 cm³/mol. The summed E-state index contributed by atoms with van der Waals surface area (Å²) in [5, 5.41) is 0. The first kappa shape index (κ1) is 15.8. The number of hydrogen-bond donors (Lipinski definition) is 0. The first-order valence-electron chi connectivity index (χ1n) is 7.34. The second kappa shape index (κ2) is 8.03. The molecule has 0 bridgehead atoms. The smallest absolute Gasteiger partial charge is 0.161 e. The average molecular weight is 295 g/mol. The number of ether oxygens (including phenoxy) is 2. The molecular weight excluding hydrogens is 274 g/mol. The molecule has 0 atom stereocenters. The number of nitrogens with zero attached hydrogens (tertiary/aromatic N) is 1. The molecule has 0 radical (unpaired) electrons. The average Bonchev–Trinajstić information content (AvgIpc) is 2.54. The Kier molecular flexibility index (Phi) is 5.78. The van der Waals surface area contributed by atoms with E-state index in [4.69, 9.17) is 9.47 Å². The van der Waals surface area contributed by atoms with Crippen LogP contribution in [0.4, 0.5) is 5.69 Å². The van der Waals surface area contributed by atoms with Gasteiger partial charge in [-0.3, -0.25) is 4.99 Å². The van der Waals surface area contributed by atoms with Crippen molar-refractivity contribution >= 4 is 11.9 Å². The third-order valence-electron chi connectivity index (χ3n) is 3.02. The molecule has 0 fully saturated rings. The van der Waals surface area contributed by atoms with Crippen LogP contribution < -0.4 is 9.47 Å². The van der Waals surface area contributed by atoms with Gasteiger partial charge in [0.05, 0.1) is 12.3 Å². The summed E-state index contributed by atoms with van der Waals surface area (Å²) in [4.78, 5) is 4.47. The Morgan fingerprint density at radius 2 is 1.82 bits per heavy atom. The van der Waals surface area contributed by atoms with Crippen LogP contribution in [0.3, 0.4) is 0 Å². The van der Waals surface area contributed by atoms with Gasteiger partial charge in [0, 0.05) is 6.21 Å². The zero-order valence-corrected chi connectivity index (χ0v) is 13.1. The molecule has 0 heterocycles. The van der Waals surface area contributed by atoms with Crippen molar-refractivity contribution in [3.63, 3.8) is 0 Å². The normalized spacial score (nSPS) is 10.6. The molecule has 3 nitrogen and oxygen atoms in total. The number of hydrogen-bond acceptors (Lipinski definition) is 3. The lowest BCUT2D eigenvalue weighted by atomic mass is 10.2. The number of aliphatic imine (C=N–C) groups is 1. The van der Waals surface area contributed by atoms with Gasteiger partial charge in [-0.1, -0.05) is 30.4 Å². The summed E-state index contributed by atoms with van der Waals surface area (Å²) in [6.07, 6.45) is 3.53. The van der Waals surface area contributed by atoms with Gasteiger partial charge in [-0.2, -0.15) is 0 Å². The molecule has 3 heteroatoms. The standard InChI is InChI=1S/C19H21NO2/c1-4-12-22-18-11-8-16(13-19(18)21-5-2)14-20-17-9-6-15(3)7-10-17/h4,6-11,13-14H,1,5,12H2,2-3H3. The van der Waals surface area contributed by atoms with Crippen molar-refractivity contribution < 1.29 is 9.47 Å². The summed E-state index contributed by atoms with van der Waals surface area (Å²) in [6.45, 7) is 8.70. The minimum Gasteiger partial charge on any atom is -0.490 e. The van der Waals surface area contributed by atoms with Gasteiger partial charge < -0.3 is 9.47 Å². The Morgan fingerprint density at radius 3 is 2.50 bits per heavy atom. The molecule has 0 amide bonds. The van der Waals surface area contributed by atoms with E-state index in [0.717, 1.165) is 17.0 Å². The molecule has 114 valence electrons. The van der Waals surface area contributed by atoms with Gasteiger partial charge in [0.1, 0.15) is 6.61 Å². The molecule has 22 heavy (non-hydrogen) atoms. The Labute approximate surface area is 131 Å². The van der Waals surface area contributed by atoms with Crippen molar-refractivity contribution in [3.8, 4) is 11.5 Å². The van der Waals surface area contributed by atoms with Crippen LogP contribution in [0.15, 0.2) is 60.1 Å². The van der Waals surface area contributed by atoms with E-state index in [2.05, 4.69) is 18.5 Å². The third kappa shape index (κ3) is 4.48. The van der Waals surface area contributed by atoms with E-state index in [9.17, 15) is 0 Å². The van der Waals surface area contributed by atoms with Crippen molar-refractivity contribution in [1.29, 1.82) is 0 Å². The SMILES string of the molecule is C=CCOc1ccc(C=Nc2ccc(C)cc2)cc1OCC. The highest BCUT2D eigenvalue weighted by atomic mass is 16.5. The van der Waals surface area contributed by atoms with E-state index in [1.807, 2.05) is 55.6 Å². The van der Waals surface area contributed by atoms with Gasteiger partial charge in [-0.15, -0.1) is 0 Å². The summed E-state index contributed by atoms with van der Waals surface area (Å²) in [7, 11) is 0. The first-order valence-corrected chi connectivity index (χ1v) is 7.34.